The molecule has 1 aliphatic heterocycles. The van der Waals surface area contributed by atoms with Gasteiger partial charge in [-0.1, -0.05) is 12.1 Å². The second kappa shape index (κ2) is 9.65. The number of phenols is 1. The van der Waals surface area contributed by atoms with E-state index in [9.17, 15) is 5.11 Å². The summed E-state index contributed by atoms with van der Waals surface area (Å²) in [5.74, 6) is 1.27. The van der Waals surface area contributed by atoms with Crippen molar-refractivity contribution in [2.24, 2.45) is 12.0 Å². The summed E-state index contributed by atoms with van der Waals surface area (Å²) < 4.78 is 1.82. The van der Waals surface area contributed by atoms with Crippen molar-refractivity contribution in [3.05, 3.63) is 42.2 Å². The molecule has 1 aromatic carbocycles. The molecule has 26 heavy (non-hydrogen) atoms. The first-order valence-corrected chi connectivity index (χ1v) is 8.63. The Hall–Kier alpha value is -1.97. The highest BCUT2D eigenvalue weighted by Gasteiger charge is 2.21. The van der Waals surface area contributed by atoms with Gasteiger partial charge in [0.15, 0.2) is 5.96 Å². The number of para-hydroxylation sites is 2. The zero-order chi connectivity index (χ0) is 17.6. The molecule has 0 bridgehead atoms. The van der Waals surface area contributed by atoms with Crippen LogP contribution >= 0.6 is 24.0 Å². The van der Waals surface area contributed by atoms with Crippen LogP contribution < -0.4 is 10.2 Å². The molecule has 2 heterocycles. The summed E-state index contributed by atoms with van der Waals surface area (Å²) >= 11 is 0. The summed E-state index contributed by atoms with van der Waals surface area (Å²) in [5, 5.41) is 17.6. The number of aryl methyl sites for hydroxylation is 1. The molecule has 8 heteroatoms. The summed E-state index contributed by atoms with van der Waals surface area (Å²) in [6.45, 7) is 4.31. The molecule has 2 N–H and O–H groups in total. The summed E-state index contributed by atoms with van der Waals surface area (Å²) in [4.78, 5) is 8.89. The van der Waals surface area contributed by atoms with E-state index in [1.807, 2.05) is 49.4 Å². The van der Waals surface area contributed by atoms with Gasteiger partial charge in [-0.25, -0.2) is 0 Å². The highest BCUT2D eigenvalue weighted by Crippen LogP contribution is 2.27. The number of benzene rings is 1. The van der Waals surface area contributed by atoms with Crippen molar-refractivity contribution in [3.8, 4) is 5.75 Å². The first-order chi connectivity index (χ1) is 12.2. The van der Waals surface area contributed by atoms with Gasteiger partial charge in [-0.05, 0) is 24.1 Å². The number of nitrogens with one attached hydrogen (secondary N) is 1. The predicted molar refractivity (Wildman–Crippen MR) is 116 cm³/mol. The Labute approximate surface area is 171 Å². The molecule has 0 amide bonds. The van der Waals surface area contributed by atoms with Gasteiger partial charge in [-0.2, -0.15) is 5.10 Å². The lowest BCUT2D eigenvalue weighted by Crippen LogP contribution is -2.52. The molecule has 0 unspecified atom stereocenters. The largest absolute Gasteiger partial charge is 0.506 e. The number of halogens is 1. The zero-order valence-electron chi connectivity index (χ0n) is 15.3. The molecule has 1 aliphatic rings. The van der Waals surface area contributed by atoms with Crippen LogP contribution in [0.3, 0.4) is 0 Å². The molecule has 0 spiro atoms. The van der Waals surface area contributed by atoms with Crippen molar-refractivity contribution in [2.45, 2.75) is 6.42 Å². The Morgan fingerprint density at radius 1 is 1.23 bits per heavy atom. The quantitative estimate of drug-likeness (QED) is 0.405. The number of guanidine groups is 1. The first kappa shape index (κ1) is 20.3. The summed E-state index contributed by atoms with van der Waals surface area (Å²) in [7, 11) is 3.75. The normalized spacial score (nSPS) is 14.9. The Morgan fingerprint density at radius 3 is 2.58 bits per heavy atom. The molecule has 0 saturated carbocycles. The number of piperazine rings is 1. The van der Waals surface area contributed by atoms with E-state index in [1.165, 1.54) is 5.56 Å². The molecular weight excluding hydrogens is 443 g/mol. The molecule has 1 fully saturated rings. The Balaban J connectivity index is 0.00000243. The average Bonchev–Trinajstić information content (AvgIpc) is 3.05. The van der Waals surface area contributed by atoms with Crippen LogP contribution in [0.1, 0.15) is 5.56 Å². The first-order valence-electron chi connectivity index (χ1n) is 8.63. The lowest BCUT2D eigenvalue weighted by atomic mass is 10.2. The molecule has 0 atom stereocenters. The summed E-state index contributed by atoms with van der Waals surface area (Å²) in [6.07, 6.45) is 4.86. The van der Waals surface area contributed by atoms with Crippen LogP contribution in [0.5, 0.6) is 5.75 Å². The molecule has 0 radical (unpaired) electrons. The van der Waals surface area contributed by atoms with Gasteiger partial charge in [0, 0.05) is 53.0 Å². The van der Waals surface area contributed by atoms with Gasteiger partial charge >= 0.3 is 0 Å². The van der Waals surface area contributed by atoms with Gasteiger partial charge in [0.25, 0.3) is 0 Å². The minimum Gasteiger partial charge on any atom is -0.506 e. The predicted octanol–water partition coefficient (Wildman–Crippen LogP) is 1.68. The van der Waals surface area contributed by atoms with Gasteiger partial charge in [0.05, 0.1) is 11.9 Å². The number of aliphatic imine (C=N–C) groups is 1. The highest BCUT2D eigenvalue weighted by molar-refractivity contribution is 14.0. The third kappa shape index (κ3) is 5.03. The van der Waals surface area contributed by atoms with Crippen molar-refractivity contribution in [1.82, 2.24) is 20.0 Å². The summed E-state index contributed by atoms with van der Waals surface area (Å²) in [6, 6.07) is 7.51. The van der Waals surface area contributed by atoms with Crippen molar-refractivity contribution < 1.29 is 5.11 Å². The van der Waals surface area contributed by atoms with E-state index < -0.39 is 0 Å². The average molecular weight is 470 g/mol. The maximum atomic E-state index is 10.0. The monoisotopic (exact) mass is 470 g/mol. The Bertz CT molecular complexity index is 724. The van der Waals surface area contributed by atoms with E-state index in [0.717, 1.165) is 50.8 Å². The van der Waals surface area contributed by atoms with Gasteiger partial charge in [-0.15, -0.1) is 24.0 Å². The van der Waals surface area contributed by atoms with Gasteiger partial charge in [0.2, 0.25) is 0 Å². The molecule has 0 aliphatic carbocycles. The number of hydrogen-bond donors (Lipinski definition) is 2. The minimum absolute atomic E-state index is 0. The third-order valence-corrected chi connectivity index (χ3v) is 4.47. The van der Waals surface area contributed by atoms with E-state index in [-0.39, 0.29) is 24.0 Å². The SMILES string of the molecule is CN=C(NCCc1cnn(C)c1)N1CCN(c2ccccc2O)CC1.I. The number of aromatic hydroxyl groups is 1. The Kier molecular flexibility index (Phi) is 7.55. The number of phenolic OH excluding ortho intramolecular Hbond substituents is 1. The van der Waals surface area contributed by atoms with Crippen molar-refractivity contribution in [3.63, 3.8) is 0 Å². The van der Waals surface area contributed by atoms with Crippen LogP contribution in [-0.2, 0) is 13.5 Å². The number of anilines is 1. The second-order valence-corrected chi connectivity index (χ2v) is 6.21. The number of nitrogens with zero attached hydrogens (tertiary/aromatic N) is 5. The molecule has 7 nitrogen and oxygen atoms in total. The smallest absolute Gasteiger partial charge is 0.193 e. The van der Waals surface area contributed by atoms with Crippen molar-refractivity contribution in [2.75, 3.05) is 44.7 Å². The fraction of sp³-hybridized carbons (Fsp3) is 0.444. The zero-order valence-corrected chi connectivity index (χ0v) is 17.6. The van der Waals surface area contributed by atoms with Crippen molar-refractivity contribution in [1.29, 1.82) is 0 Å². The molecule has 3 rings (SSSR count). The van der Waals surface area contributed by atoms with E-state index in [4.69, 9.17) is 0 Å². The number of rotatable bonds is 4. The third-order valence-electron chi connectivity index (χ3n) is 4.47. The van der Waals surface area contributed by atoms with Gasteiger partial charge in [0.1, 0.15) is 5.75 Å². The van der Waals surface area contributed by atoms with Crippen LogP contribution in [0.2, 0.25) is 0 Å². The van der Waals surface area contributed by atoms with E-state index in [1.54, 1.807) is 6.07 Å². The maximum Gasteiger partial charge on any atom is 0.193 e. The van der Waals surface area contributed by atoms with Crippen molar-refractivity contribution >= 4 is 35.6 Å². The fourth-order valence-corrected chi connectivity index (χ4v) is 3.14. The molecule has 1 saturated heterocycles. The van der Waals surface area contributed by atoms with Crippen LogP contribution in [0.15, 0.2) is 41.7 Å². The summed E-state index contributed by atoms with van der Waals surface area (Å²) in [5.41, 5.74) is 2.12. The van der Waals surface area contributed by atoms with E-state index in [2.05, 4.69) is 25.2 Å². The van der Waals surface area contributed by atoms with E-state index >= 15 is 0 Å². The number of aromatic nitrogens is 2. The standard InChI is InChI=1S/C18H26N6O.HI/c1-19-18(20-8-7-15-13-21-22(2)14-15)24-11-9-23(10-12-24)16-5-3-4-6-17(16)25;/h3-6,13-14,25H,7-12H2,1-2H3,(H,19,20);1H. The number of hydrogen-bond acceptors (Lipinski definition) is 4. The highest BCUT2D eigenvalue weighted by atomic mass is 127. The van der Waals surface area contributed by atoms with Gasteiger partial charge < -0.3 is 20.2 Å². The maximum absolute atomic E-state index is 10.0. The van der Waals surface area contributed by atoms with Gasteiger partial charge in [-0.3, -0.25) is 9.67 Å². The Morgan fingerprint density at radius 2 is 1.96 bits per heavy atom. The molecule has 2 aromatic rings. The molecule has 1 aromatic heterocycles. The van der Waals surface area contributed by atoms with E-state index in [0.29, 0.717) is 5.75 Å². The molecule has 142 valence electrons. The fourth-order valence-electron chi connectivity index (χ4n) is 3.14. The minimum atomic E-state index is 0. The lowest BCUT2D eigenvalue weighted by molar-refractivity contribution is 0.370. The van der Waals surface area contributed by atoms with Crippen LogP contribution in [0.25, 0.3) is 0 Å². The lowest BCUT2D eigenvalue weighted by Gasteiger charge is -2.37. The molecular formula is C18H27IN6O. The van der Waals surface area contributed by atoms with Crippen LogP contribution in [0, 0.1) is 0 Å². The van der Waals surface area contributed by atoms with Crippen LogP contribution in [0.4, 0.5) is 5.69 Å². The topological polar surface area (TPSA) is 68.9 Å². The second-order valence-electron chi connectivity index (χ2n) is 6.21. The van der Waals surface area contributed by atoms with Crippen LogP contribution in [-0.4, -0.2) is 65.5 Å².